The Hall–Kier alpha value is -6.28. The van der Waals surface area contributed by atoms with Gasteiger partial charge in [-0.05, 0) is 194 Å². The van der Waals surface area contributed by atoms with E-state index in [2.05, 4.69) is 205 Å². The third-order valence-corrected chi connectivity index (χ3v) is 34.4. The number of carbonyl (C=O) groups is 8. The molecule has 0 amide bonds. The first-order valence-electron chi connectivity index (χ1n) is 41.1. The van der Waals surface area contributed by atoms with Gasteiger partial charge >= 0.3 is 63.9 Å². The fraction of sp³-hybridized carbons (Fsp3) is 0.527. The van der Waals surface area contributed by atoms with E-state index in [1.165, 1.54) is 29.4 Å². The number of esters is 2. The molecule has 16 nitrogen and oxygen atoms in total. The maximum Gasteiger partial charge on any atom is 1.00 e. The van der Waals surface area contributed by atoms with Crippen LogP contribution in [0.2, 0.25) is 0 Å². The first kappa shape index (κ1) is 102. The quantitative estimate of drug-likeness (QED) is 0.0179. The third kappa shape index (κ3) is 21.5. The zero-order valence-corrected chi connectivity index (χ0v) is 76.2. The number of carbonyl (C=O) groups excluding carboxylic acids is 8. The monoisotopic (exact) mass is 1860 g/mol. The van der Waals surface area contributed by atoms with Crippen molar-refractivity contribution < 1.29 is 155 Å². The number of hydrogen-bond donors (Lipinski definition) is 0. The van der Waals surface area contributed by atoms with E-state index in [-0.39, 0.29) is 231 Å². The second kappa shape index (κ2) is 41.4. The Morgan fingerprint density at radius 3 is 0.943 bits per heavy atom. The Balaban J connectivity index is 0.000000213. The molecule has 0 aromatic heterocycles. The average molecular weight is 1870 g/mol. The van der Waals surface area contributed by atoms with Gasteiger partial charge in [-0.2, -0.15) is 35.1 Å². The van der Waals surface area contributed by atoms with Crippen molar-refractivity contribution in [2.75, 3.05) is 13.2 Å². The van der Waals surface area contributed by atoms with Crippen molar-refractivity contribution in [2.24, 2.45) is 92.7 Å². The molecule has 123 heavy (non-hydrogen) atoms. The fourth-order valence-electron chi connectivity index (χ4n) is 21.4. The van der Waals surface area contributed by atoms with E-state index in [1.807, 2.05) is 27.7 Å². The van der Waals surface area contributed by atoms with Crippen LogP contribution in [0.3, 0.4) is 0 Å². The molecule has 30 heteroatoms. The molecule has 0 radical (unpaired) electrons. The number of Topliss-reactive ketones (excluding diaryl/α,β-unsaturated/α-hetero) is 6. The van der Waals surface area contributed by atoms with Crippen LogP contribution < -0.4 is 46.5 Å². The van der Waals surface area contributed by atoms with E-state index in [9.17, 15) is 99.4 Å². The predicted octanol–water partition coefficient (Wildman–Crippen LogP) is 13.6. The zero-order chi connectivity index (χ0) is 87.3. The standard InChI is InChI=1S/2C28H38F4O8S.2C18H15S.CH4.BrH.Na/c2*1-15(4-7-23(36)40-11-10-27(29,30)28(31,32)41(37,38)39)18-5-6-19-24-20(14-22(35)26(18,19)3)25(2)9-8-17(33)12-16(25)13-21(24)34;2*1-4-10-16(11-5-1)19(17-12-6-2-7-13-17)18-14-8-3-9-15-18;;;/h2*15-16,18-20,24H,4-14H2,1-3H3,(H,37,38,39);2*1-15H;1H4;1H;/q;;2*+1;;;+1/p-3/t2*15-,16?,18-,19+,20+,24+,25+,26-;;;;;/m11...../s1. The summed E-state index contributed by atoms with van der Waals surface area (Å²) >= 11 is 0. The molecule has 8 fully saturated rings. The number of ether oxygens (including phenoxy) is 2. The SMILES string of the molecule is C.C[C@H](CCC(=O)OCCC(F)(F)C(F)(F)S(=O)(=O)[O-])[C@H]1CC[C@H]2[C@@H]3C(=O)CC4CC(=O)CC[C@]4(C)[C@H]3CC(=O)[C@]12C.C[C@H](CCC(=O)OCCC(F)(F)C(F)(F)S(=O)(=O)[O-])[C@H]1CC[C@H]2[C@@H]3C(=O)CC4CC(=O)CC[C@]4(C)[C@H]3CC(=O)[C@]12C.[Br-].[Na+].c1ccc([S+](c2ccccc2)c2ccccc2)cc1.c1ccc([S+](c2ccccc2)c2ccccc2)cc1. The second-order valence-electron chi connectivity index (χ2n) is 34.7. The van der Waals surface area contributed by atoms with Crippen LogP contribution >= 0.6 is 0 Å². The van der Waals surface area contributed by atoms with E-state index < -0.39 is 91.4 Å². The minimum atomic E-state index is -6.62. The maximum absolute atomic E-state index is 13.8. The van der Waals surface area contributed by atoms with E-state index in [1.54, 1.807) is 0 Å². The number of benzene rings is 6. The van der Waals surface area contributed by atoms with E-state index in [4.69, 9.17) is 0 Å². The molecule has 0 heterocycles. The van der Waals surface area contributed by atoms with Gasteiger partial charge < -0.3 is 35.6 Å². The first-order valence-corrected chi connectivity index (χ1v) is 46.4. The molecule has 0 bridgehead atoms. The minimum absolute atomic E-state index is 0. The molecule has 0 spiro atoms. The molecule has 8 aliphatic rings. The van der Waals surface area contributed by atoms with Gasteiger partial charge in [0.25, 0.3) is 0 Å². The molecule has 664 valence electrons. The van der Waals surface area contributed by atoms with Gasteiger partial charge in [-0.25, -0.2) is 16.8 Å². The van der Waals surface area contributed by atoms with Crippen molar-refractivity contribution in [1.82, 2.24) is 0 Å². The number of alkyl halides is 8. The van der Waals surface area contributed by atoms with Gasteiger partial charge in [-0.3, -0.25) is 38.4 Å². The summed E-state index contributed by atoms with van der Waals surface area (Å²) in [6, 6.07) is 64.3. The largest absolute Gasteiger partial charge is 1.00 e. The molecule has 8 saturated carbocycles. The van der Waals surface area contributed by atoms with Crippen LogP contribution in [0.25, 0.3) is 0 Å². The Labute approximate surface area is 755 Å². The Bertz CT molecular complexity index is 4410. The number of halogens is 9. The van der Waals surface area contributed by atoms with E-state index in [0.29, 0.717) is 77.0 Å². The predicted molar refractivity (Wildman–Crippen MR) is 439 cm³/mol. The average Bonchev–Trinajstić information content (AvgIpc) is 1.63. The van der Waals surface area contributed by atoms with Gasteiger partial charge in [0.1, 0.15) is 34.7 Å². The zero-order valence-electron chi connectivity index (χ0n) is 69.4. The van der Waals surface area contributed by atoms with Gasteiger partial charge in [-0.15, -0.1) is 0 Å². The number of ketones is 6. The first-order chi connectivity index (χ1) is 56.4. The molecule has 2 unspecified atom stereocenters. The molecule has 6 aromatic carbocycles. The van der Waals surface area contributed by atoms with Gasteiger partial charge in [0, 0.05) is 86.9 Å². The van der Waals surface area contributed by atoms with Gasteiger partial charge in [0.2, 0.25) is 0 Å². The summed E-state index contributed by atoms with van der Waals surface area (Å²) in [5.74, 6) is -13.3. The number of fused-ring (bicyclic) bond motifs is 10. The van der Waals surface area contributed by atoms with E-state index >= 15 is 0 Å². The molecule has 16 atom stereocenters. The number of hydrogen-bond acceptors (Lipinski definition) is 16. The molecule has 6 aromatic rings. The molecule has 0 aliphatic heterocycles. The maximum atomic E-state index is 13.8. The summed E-state index contributed by atoms with van der Waals surface area (Å²) in [5, 5.41) is -11.7. The van der Waals surface area contributed by atoms with Crippen LogP contribution in [0.15, 0.2) is 211 Å². The van der Waals surface area contributed by atoms with Crippen molar-refractivity contribution in [3.05, 3.63) is 182 Å². The van der Waals surface area contributed by atoms with Crippen LogP contribution in [0.4, 0.5) is 35.1 Å². The van der Waals surface area contributed by atoms with E-state index in [0.717, 1.165) is 0 Å². The number of rotatable bonds is 24. The van der Waals surface area contributed by atoms with Crippen LogP contribution in [-0.4, -0.2) is 108 Å². The Morgan fingerprint density at radius 2 is 0.691 bits per heavy atom. The summed E-state index contributed by atoms with van der Waals surface area (Å²) in [6.07, 6.45) is 3.29. The van der Waals surface area contributed by atoms with Crippen LogP contribution in [0.1, 0.15) is 177 Å². The summed E-state index contributed by atoms with van der Waals surface area (Å²) < 4.78 is 180. The van der Waals surface area contributed by atoms with Crippen LogP contribution in [0, 0.1) is 92.7 Å². The second-order valence-corrected chi connectivity index (χ2v) is 41.6. The van der Waals surface area contributed by atoms with Crippen molar-refractivity contribution in [3.63, 3.8) is 0 Å². The molecule has 0 N–H and O–H groups in total. The molecular weight excluding hydrogens is 1760 g/mol. The van der Waals surface area contributed by atoms with Crippen molar-refractivity contribution in [2.45, 2.75) is 229 Å². The summed E-state index contributed by atoms with van der Waals surface area (Å²) in [5.41, 5.74) is -2.03. The van der Waals surface area contributed by atoms with Crippen molar-refractivity contribution in [1.29, 1.82) is 0 Å². The molecule has 8 aliphatic carbocycles. The van der Waals surface area contributed by atoms with Crippen LogP contribution in [-0.2, 0) is 89.9 Å². The summed E-state index contributed by atoms with van der Waals surface area (Å²) in [6.45, 7) is 9.38. The van der Waals surface area contributed by atoms with Crippen LogP contribution in [0.5, 0.6) is 0 Å². The van der Waals surface area contributed by atoms with Crippen molar-refractivity contribution in [3.8, 4) is 0 Å². The fourth-order valence-corrected chi connectivity index (χ4v) is 26.6. The summed E-state index contributed by atoms with van der Waals surface area (Å²) in [7, 11) is -13.3. The Kier molecular flexibility index (Phi) is 34.4. The topological polar surface area (TPSA) is 269 Å². The third-order valence-electron chi connectivity index (χ3n) is 28.1. The minimum Gasteiger partial charge on any atom is -1.00 e. The van der Waals surface area contributed by atoms with Gasteiger partial charge in [0.15, 0.2) is 49.6 Å². The smallest absolute Gasteiger partial charge is 1.00 e. The Morgan fingerprint density at radius 1 is 0.431 bits per heavy atom. The van der Waals surface area contributed by atoms with Gasteiger partial charge in [-0.1, -0.05) is 158 Å². The van der Waals surface area contributed by atoms with Gasteiger partial charge in [0.05, 0.1) is 47.8 Å². The molecular formula is C93H108BrF8NaO16S4. The molecule has 0 saturated heterocycles. The normalized spacial score (nSPS) is 27.8. The summed E-state index contributed by atoms with van der Waals surface area (Å²) in [4.78, 5) is 111. The van der Waals surface area contributed by atoms with Crippen molar-refractivity contribution >= 4 is 88.7 Å². The molecule has 14 rings (SSSR count).